The Kier molecular flexibility index (Phi) is 5.83. The summed E-state index contributed by atoms with van der Waals surface area (Å²) >= 11 is 1.77. The largest absolute Gasteiger partial charge is 0.330 e. The van der Waals surface area contributed by atoms with Gasteiger partial charge in [0.25, 0.3) is 0 Å². The second kappa shape index (κ2) is 6.93. The summed E-state index contributed by atoms with van der Waals surface area (Å²) in [6, 6.07) is 0.376. The van der Waals surface area contributed by atoms with Gasteiger partial charge in [-0.2, -0.15) is 0 Å². The molecule has 0 aromatic carbocycles. The number of aryl methyl sites for hydroxylation is 1. The van der Waals surface area contributed by atoms with Crippen molar-refractivity contribution in [1.82, 2.24) is 10.3 Å². The first kappa shape index (κ1) is 12.6. The molecular formula is C11H21N3S. The summed E-state index contributed by atoms with van der Waals surface area (Å²) in [5, 5.41) is 4.66. The summed E-state index contributed by atoms with van der Waals surface area (Å²) in [5.41, 5.74) is 5.44. The summed E-state index contributed by atoms with van der Waals surface area (Å²) in [5.74, 6) is 0. The Hall–Kier alpha value is -0.450. The lowest BCUT2D eigenvalue weighted by Gasteiger charge is -2.10. The molecule has 1 unspecified atom stereocenters. The molecule has 3 nitrogen and oxygen atoms in total. The number of hydrogen-bond acceptors (Lipinski definition) is 4. The normalized spacial score (nSPS) is 13.0. The molecule has 1 aromatic heterocycles. The molecule has 0 spiro atoms. The lowest BCUT2D eigenvalue weighted by molar-refractivity contribution is 0.538. The highest BCUT2D eigenvalue weighted by Crippen LogP contribution is 2.18. The van der Waals surface area contributed by atoms with Gasteiger partial charge in [0, 0.05) is 11.1 Å². The van der Waals surface area contributed by atoms with Crippen LogP contribution < -0.4 is 11.1 Å². The molecule has 0 fully saturated rings. The van der Waals surface area contributed by atoms with Crippen LogP contribution in [0.2, 0.25) is 0 Å². The van der Waals surface area contributed by atoms with Gasteiger partial charge in [-0.1, -0.05) is 6.42 Å². The van der Waals surface area contributed by atoms with E-state index in [2.05, 4.69) is 24.1 Å². The second-order valence-corrected chi connectivity index (χ2v) is 5.10. The number of nitrogens with two attached hydrogens (primary N) is 1. The lowest BCUT2D eigenvalue weighted by atomic mass is 10.2. The Morgan fingerprint density at radius 1 is 1.47 bits per heavy atom. The number of rotatable bonds is 7. The van der Waals surface area contributed by atoms with E-state index in [4.69, 9.17) is 5.73 Å². The first-order valence-corrected chi connectivity index (χ1v) is 6.41. The minimum absolute atomic E-state index is 0.376. The van der Waals surface area contributed by atoms with Crippen LogP contribution in [0.25, 0.3) is 0 Å². The van der Waals surface area contributed by atoms with E-state index in [1.807, 2.05) is 6.20 Å². The molecule has 3 N–H and O–H groups in total. The second-order valence-electron chi connectivity index (χ2n) is 3.83. The monoisotopic (exact) mass is 227 g/mol. The fourth-order valence-corrected chi connectivity index (χ4v) is 2.23. The van der Waals surface area contributed by atoms with Gasteiger partial charge in [0.1, 0.15) is 5.01 Å². The van der Waals surface area contributed by atoms with Gasteiger partial charge in [-0.05, 0) is 39.8 Å². The molecule has 4 heteroatoms. The molecule has 15 heavy (non-hydrogen) atoms. The van der Waals surface area contributed by atoms with Crippen LogP contribution in [0.15, 0.2) is 6.20 Å². The third-order valence-electron chi connectivity index (χ3n) is 2.34. The summed E-state index contributed by atoms with van der Waals surface area (Å²) in [6.07, 6.45) is 5.48. The average Bonchev–Trinajstić information content (AvgIpc) is 2.64. The molecule has 86 valence electrons. The summed E-state index contributed by atoms with van der Waals surface area (Å²) in [4.78, 5) is 5.65. The van der Waals surface area contributed by atoms with Crippen molar-refractivity contribution in [1.29, 1.82) is 0 Å². The molecule has 0 amide bonds. The summed E-state index contributed by atoms with van der Waals surface area (Å²) < 4.78 is 0. The predicted octanol–water partition coefficient (Wildman–Crippen LogP) is 2.23. The smallest absolute Gasteiger partial charge is 0.109 e. The van der Waals surface area contributed by atoms with E-state index >= 15 is 0 Å². The summed E-state index contributed by atoms with van der Waals surface area (Å²) in [6.45, 7) is 6.12. The van der Waals surface area contributed by atoms with Crippen molar-refractivity contribution >= 4 is 11.3 Å². The summed E-state index contributed by atoms with van der Waals surface area (Å²) in [7, 11) is 0. The molecule has 0 saturated heterocycles. The SMILES string of the molecule is Cc1cnc(C(C)NCCCCCN)s1. The average molecular weight is 227 g/mol. The zero-order valence-corrected chi connectivity index (χ0v) is 10.4. The Labute approximate surface area is 96.1 Å². The number of nitrogens with one attached hydrogen (secondary N) is 1. The van der Waals surface area contributed by atoms with Crippen LogP contribution in [0.5, 0.6) is 0 Å². The standard InChI is InChI=1S/C11H21N3S/c1-9-8-14-11(15-9)10(2)13-7-5-3-4-6-12/h8,10,13H,3-7,12H2,1-2H3. The maximum absolute atomic E-state index is 5.44. The number of thiazole rings is 1. The van der Waals surface area contributed by atoms with E-state index in [0.717, 1.165) is 19.5 Å². The van der Waals surface area contributed by atoms with Gasteiger partial charge in [-0.15, -0.1) is 11.3 Å². The third-order valence-corrected chi connectivity index (χ3v) is 3.44. The highest BCUT2D eigenvalue weighted by molar-refractivity contribution is 7.11. The van der Waals surface area contributed by atoms with Crippen molar-refractivity contribution in [2.45, 2.75) is 39.2 Å². The Bertz CT molecular complexity index is 273. The molecule has 0 radical (unpaired) electrons. The van der Waals surface area contributed by atoms with E-state index in [0.29, 0.717) is 6.04 Å². The Morgan fingerprint density at radius 3 is 2.87 bits per heavy atom. The number of aromatic nitrogens is 1. The first-order valence-electron chi connectivity index (χ1n) is 5.60. The van der Waals surface area contributed by atoms with Crippen LogP contribution in [0.1, 0.15) is 42.1 Å². The molecule has 1 atom stereocenters. The van der Waals surface area contributed by atoms with E-state index < -0.39 is 0 Å². The van der Waals surface area contributed by atoms with E-state index in [-0.39, 0.29) is 0 Å². The van der Waals surface area contributed by atoms with Crippen molar-refractivity contribution in [2.24, 2.45) is 5.73 Å². The molecule has 1 heterocycles. The van der Waals surface area contributed by atoms with Crippen molar-refractivity contribution in [3.63, 3.8) is 0 Å². The molecular weight excluding hydrogens is 206 g/mol. The minimum atomic E-state index is 0.376. The van der Waals surface area contributed by atoms with E-state index in [1.165, 1.54) is 22.7 Å². The van der Waals surface area contributed by atoms with Crippen LogP contribution in [-0.2, 0) is 0 Å². The zero-order chi connectivity index (χ0) is 11.1. The molecule has 1 rings (SSSR count). The van der Waals surface area contributed by atoms with Gasteiger partial charge in [-0.25, -0.2) is 4.98 Å². The van der Waals surface area contributed by atoms with Crippen molar-refractivity contribution < 1.29 is 0 Å². The molecule has 0 bridgehead atoms. The fourth-order valence-electron chi connectivity index (χ4n) is 1.42. The van der Waals surface area contributed by atoms with Gasteiger partial charge in [0.2, 0.25) is 0 Å². The molecule has 0 aliphatic rings. The fraction of sp³-hybridized carbons (Fsp3) is 0.727. The molecule has 0 aliphatic carbocycles. The number of unbranched alkanes of at least 4 members (excludes halogenated alkanes) is 2. The Balaban J connectivity index is 2.16. The number of hydrogen-bond donors (Lipinski definition) is 2. The van der Waals surface area contributed by atoms with Gasteiger partial charge in [0.05, 0.1) is 6.04 Å². The minimum Gasteiger partial charge on any atom is -0.330 e. The Morgan fingerprint density at radius 2 is 2.27 bits per heavy atom. The van der Waals surface area contributed by atoms with Crippen molar-refractivity contribution in [2.75, 3.05) is 13.1 Å². The van der Waals surface area contributed by atoms with Crippen molar-refractivity contribution in [3.8, 4) is 0 Å². The highest BCUT2D eigenvalue weighted by atomic mass is 32.1. The molecule has 1 aromatic rings. The van der Waals surface area contributed by atoms with Gasteiger partial charge in [0.15, 0.2) is 0 Å². The molecule has 0 aliphatic heterocycles. The highest BCUT2D eigenvalue weighted by Gasteiger charge is 2.07. The van der Waals surface area contributed by atoms with Crippen molar-refractivity contribution in [3.05, 3.63) is 16.1 Å². The maximum Gasteiger partial charge on any atom is 0.109 e. The van der Waals surface area contributed by atoms with Crippen LogP contribution in [0, 0.1) is 6.92 Å². The molecule has 0 saturated carbocycles. The van der Waals surface area contributed by atoms with E-state index in [9.17, 15) is 0 Å². The first-order chi connectivity index (χ1) is 7.24. The van der Waals surface area contributed by atoms with Gasteiger partial charge in [-0.3, -0.25) is 0 Å². The van der Waals surface area contributed by atoms with Crippen LogP contribution in [0.3, 0.4) is 0 Å². The zero-order valence-electron chi connectivity index (χ0n) is 9.62. The van der Waals surface area contributed by atoms with E-state index in [1.54, 1.807) is 11.3 Å². The van der Waals surface area contributed by atoms with Gasteiger partial charge < -0.3 is 11.1 Å². The van der Waals surface area contributed by atoms with Gasteiger partial charge >= 0.3 is 0 Å². The predicted molar refractivity (Wildman–Crippen MR) is 66.2 cm³/mol. The topological polar surface area (TPSA) is 50.9 Å². The lowest BCUT2D eigenvalue weighted by Crippen LogP contribution is -2.19. The third kappa shape index (κ3) is 4.73. The maximum atomic E-state index is 5.44. The van der Waals surface area contributed by atoms with Crippen LogP contribution in [0.4, 0.5) is 0 Å². The quantitative estimate of drug-likeness (QED) is 0.702. The van der Waals surface area contributed by atoms with Crippen LogP contribution in [-0.4, -0.2) is 18.1 Å². The number of nitrogens with zero attached hydrogens (tertiary/aromatic N) is 1. The van der Waals surface area contributed by atoms with Crippen LogP contribution >= 0.6 is 11.3 Å².